The molecule has 0 saturated heterocycles. The van der Waals surface area contributed by atoms with E-state index in [-0.39, 0.29) is 5.75 Å². The van der Waals surface area contributed by atoms with Crippen molar-refractivity contribution in [2.75, 3.05) is 7.11 Å². The van der Waals surface area contributed by atoms with Gasteiger partial charge in [0.05, 0.1) is 16.4 Å². The number of nitrogens with zero attached hydrogens (tertiary/aromatic N) is 1. The zero-order valence-electron chi connectivity index (χ0n) is 10.1. The van der Waals surface area contributed by atoms with Gasteiger partial charge < -0.3 is 9.84 Å². The molecule has 2 rings (SSSR count). The summed E-state index contributed by atoms with van der Waals surface area (Å²) in [5, 5.41) is 9.76. The minimum Gasteiger partial charge on any atom is -0.504 e. The summed E-state index contributed by atoms with van der Waals surface area (Å²) < 4.78 is 6.86. The van der Waals surface area contributed by atoms with E-state index in [0.29, 0.717) is 5.75 Å². The number of hydrogen-bond donors (Lipinski definition) is 1. The first-order valence-corrected chi connectivity index (χ1v) is 7.33. The molecule has 0 radical (unpaired) electrons. The van der Waals surface area contributed by atoms with Gasteiger partial charge in [0, 0.05) is 10.7 Å². The number of halogens is 2. The van der Waals surface area contributed by atoms with Crippen molar-refractivity contribution >= 4 is 50.4 Å². The van der Waals surface area contributed by atoms with Gasteiger partial charge in [0.1, 0.15) is 0 Å². The largest absolute Gasteiger partial charge is 0.504 e. The fourth-order valence-corrected chi connectivity index (χ4v) is 2.39. The molecular formula is C14H11BrINO2. The number of rotatable bonds is 3. The Morgan fingerprint density at radius 1 is 1.26 bits per heavy atom. The smallest absolute Gasteiger partial charge is 0.171 e. The van der Waals surface area contributed by atoms with Crippen LogP contribution in [0.1, 0.15) is 5.56 Å². The molecule has 0 amide bonds. The van der Waals surface area contributed by atoms with E-state index in [2.05, 4.69) is 43.5 Å². The second-order valence-corrected chi connectivity index (χ2v) is 5.87. The Bertz CT molecular complexity index is 612. The van der Waals surface area contributed by atoms with Gasteiger partial charge in [0.15, 0.2) is 11.5 Å². The Morgan fingerprint density at radius 2 is 1.95 bits per heavy atom. The Hall–Kier alpha value is -1.08. The summed E-state index contributed by atoms with van der Waals surface area (Å²) in [5.74, 6) is 0.605. The van der Waals surface area contributed by atoms with Gasteiger partial charge in [-0.25, -0.2) is 0 Å². The van der Waals surface area contributed by atoms with Crippen molar-refractivity contribution in [1.29, 1.82) is 0 Å². The lowest BCUT2D eigenvalue weighted by Gasteiger charge is -2.06. The lowest BCUT2D eigenvalue weighted by atomic mass is 10.2. The van der Waals surface area contributed by atoms with E-state index >= 15 is 0 Å². The molecule has 2 aromatic rings. The number of phenols is 1. The third kappa shape index (κ3) is 3.70. The van der Waals surface area contributed by atoms with E-state index < -0.39 is 0 Å². The van der Waals surface area contributed by atoms with Gasteiger partial charge in [-0.05, 0) is 64.6 Å². The molecule has 0 heterocycles. The highest BCUT2D eigenvalue weighted by Crippen LogP contribution is 2.32. The molecule has 0 aliphatic heterocycles. The van der Waals surface area contributed by atoms with Crippen LogP contribution in [0.5, 0.6) is 11.5 Å². The predicted octanol–water partition coefficient (Wildman–Crippen LogP) is 4.52. The number of methoxy groups -OCH3 is 1. The molecule has 19 heavy (non-hydrogen) atoms. The summed E-state index contributed by atoms with van der Waals surface area (Å²) >= 11 is 5.44. The van der Waals surface area contributed by atoms with Crippen LogP contribution < -0.4 is 4.74 Å². The number of benzene rings is 2. The predicted molar refractivity (Wildman–Crippen MR) is 88.8 cm³/mol. The monoisotopic (exact) mass is 431 g/mol. The molecule has 2 aromatic carbocycles. The van der Waals surface area contributed by atoms with Gasteiger partial charge in [0.2, 0.25) is 0 Å². The molecular weight excluding hydrogens is 421 g/mol. The average molecular weight is 432 g/mol. The molecule has 0 aromatic heterocycles. The van der Waals surface area contributed by atoms with Crippen LogP contribution in [0.25, 0.3) is 0 Å². The van der Waals surface area contributed by atoms with Crippen LogP contribution >= 0.6 is 38.5 Å². The third-order valence-electron chi connectivity index (χ3n) is 2.46. The highest BCUT2D eigenvalue weighted by molar-refractivity contribution is 14.1. The van der Waals surface area contributed by atoms with Crippen molar-refractivity contribution in [2.24, 2.45) is 4.99 Å². The molecule has 0 aliphatic carbocycles. The number of aliphatic imine (C=N–C) groups is 1. The number of phenolic OH excluding ortho intramolecular Hbond substituents is 1. The molecule has 0 bridgehead atoms. The van der Waals surface area contributed by atoms with Crippen molar-refractivity contribution in [3.05, 3.63) is 50.0 Å². The zero-order chi connectivity index (χ0) is 13.8. The minimum absolute atomic E-state index is 0.156. The maximum absolute atomic E-state index is 9.76. The molecule has 0 saturated carbocycles. The van der Waals surface area contributed by atoms with Crippen LogP contribution in [0.4, 0.5) is 5.69 Å². The van der Waals surface area contributed by atoms with E-state index in [1.54, 1.807) is 12.3 Å². The molecule has 0 atom stereocenters. The molecule has 98 valence electrons. The average Bonchev–Trinajstić information content (AvgIpc) is 2.41. The Kier molecular flexibility index (Phi) is 4.81. The lowest BCUT2D eigenvalue weighted by molar-refractivity contribution is 0.371. The maximum Gasteiger partial charge on any atom is 0.171 e. The van der Waals surface area contributed by atoms with Crippen LogP contribution in [-0.2, 0) is 0 Å². The Morgan fingerprint density at radius 3 is 2.58 bits per heavy atom. The van der Waals surface area contributed by atoms with E-state index in [1.807, 2.05) is 30.3 Å². The second-order valence-electron chi connectivity index (χ2n) is 3.79. The first kappa shape index (κ1) is 14.3. The molecule has 0 aliphatic rings. The van der Waals surface area contributed by atoms with Gasteiger partial charge in [-0.1, -0.05) is 15.9 Å². The van der Waals surface area contributed by atoms with Crippen LogP contribution in [-0.4, -0.2) is 18.4 Å². The highest BCUT2D eigenvalue weighted by atomic mass is 127. The van der Waals surface area contributed by atoms with Gasteiger partial charge in [-0.15, -0.1) is 0 Å². The number of hydrogen-bond acceptors (Lipinski definition) is 3. The molecule has 0 fully saturated rings. The number of aromatic hydroxyl groups is 1. The maximum atomic E-state index is 9.76. The van der Waals surface area contributed by atoms with Crippen molar-refractivity contribution in [3.63, 3.8) is 0 Å². The molecule has 0 spiro atoms. The molecule has 1 N–H and O–H groups in total. The van der Waals surface area contributed by atoms with Gasteiger partial charge in [-0.2, -0.15) is 0 Å². The fraction of sp³-hybridized carbons (Fsp3) is 0.0714. The topological polar surface area (TPSA) is 41.8 Å². The molecule has 5 heteroatoms. The van der Waals surface area contributed by atoms with Crippen LogP contribution in [0.3, 0.4) is 0 Å². The quantitative estimate of drug-likeness (QED) is 0.573. The standard InChI is InChI=1S/C14H11BrINO2/c1-19-13-7-9(6-12(16)14(13)18)8-17-11-4-2-10(15)3-5-11/h2-8,18H,1H3. The molecule has 0 unspecified atom stereocenters. The molecule has 3 nitrogen and oxygen atoms in total. The van der Waals surface area contributed by atoms with E-state index in [4.69, 9.17) is 4.74 Å². The number of ether oxygens (including phenoxy) is 1. The third-order valence-corrected chi connectivity index (χ3v) is 3.81. The normalized spacial score (nSPS) is 10.9. The first-order valence-electron chi connectivity index (χ1n) is 5.46. The minimum atomic E-state index is 0.156. The summed E-state index contributed by atoms with van der Waals surface area (Å²) in [5.41, 5.74) is 1.74. The first-order chi connectivity index (χ1) is 9.10. The van der Waals surface area contributed by atoms with Gasteiger partial charge in [0.25, 0.3) is 0 Å². The Labute approximate surface area is 133 Å². The van der Waals surface area contributed by atoms with Crippen molar-refractivity contribution in [2.45, 2.75) is 0 Å². The zero-order valence-corrected chi connectivity index (χ0v) is 13.8. The SMILES string of the molecule is COc1cc(C=Nc2ccc(Br)cc2)cc(I)c1O. The summed E-state index contributed by atoms with van der Waals surface area (Å²) in [6, 6.07) is 11.3. The van der Waals surface area contributed by atoms with Gasteiger partial charge in [-0.3, -0.25) is 4.99 Å². The second kappa shape index (κ2) is 6.38. The van der Waals surface area contributed by atoms with Crippen LogP contribution in [0.2, 0.25) is 0 Å². The van der Waals surface area contributed by atoms with E-state index in [9.17, 15) is 5.11 Å². The fourth-order valence-electron chi connectivity index (χ4n) is 1.50. The Balaban J connectivity index is 2.28. The van der Waals surface area contributed by atoms with E-state index in [1.165, 1.54) is 7.11 Å². The summed E-state index contributed by atoms with van der Waals surface area (Å²) in [7, 11) is 1.53. The summed E-state index contributed by atoms with van der Waals surface area (Å²) in [6.45, 7) is 0. The highest BCUT2D eigenvalue weighted by Gasteiger charge is 2.07. The summed E-state index contributed by atoms with van der Waals surface area (Å²) in [6.07, 6.45) is 1.74. The van der Waals surface area contributed by atoms with Crippen molar-refractivity contribution in [3.8, 4) is 11.5 Å². The lowest BCUT2D eigenvalue weighted by Crippen LogP contribution is -1.90. The van der Waals surface area contributed by atoms with Crippen LogP contribution in [0, 0.1) is 3.57 Å². The summed E-state index contributed by atoms with van der Waals surface area (Å²) in [4.78, 5) is 4.38. The van der Waals surface area contributed by atoms with Gasteiger partial charge >= 0.3 is 0 Å². The van der Waals surface area contributed by atoms with Crippen molar-refractivity contribution < 1.29 is 9.84 Å². The van der Waals surface area contributed by atoms with E-state index in [0.717, 1.165) is 19.3 Å². The van der Waals surface area contributed by atoms with Crippen molar-refractivity contribution in [1.82, 2.24) is 0 Å². The van der Waals surface area contributed by atoms with Crippen LogP contribution in [0.15, 0.2) is 45.9 Å².